The summed E-state index contributed by atoms with van der Waals surface area (Å²) in [6.45, 7) is 0. The first-order chi connectivity index (χ1) is 10.4. The summed E-state index contributed by atoms with van der Waals surface area (Å²) < 4.78 is 9.06. The van der Waals surface area contributed by atoms with Gasteiger partial charge in [0, 0.05) is 0 Å². The van der Waals surface area contributed by atoms with Crippen molar-refractivity contribution in [2.45, 2.75) is 0 Å². The van der Waals surface area contributed by atoms with Gasteiger partial charge >= 0.3 is 133 Å². The summed E-state index contributed by atoms with van der Waals surface area (Å²) in [6.07, 6.45) is 0. The van der Waals surface area contributed by atoms with Gasteiger partial charge in [-0.25, -0.2) is 0 Å². The van der Waals surface area contributed by atoms with Crippen molar-refractivity contribution in [3.63, 3.8) is 0 Å². The van der Waals surface area contributed by atoms with Crippen molar-refractivity contribution in [1.29, 1.82) is 0 Å². The molecule has 0 fully saturated rings. The van der Waals surface area contributed by atoms with Gasteiger partial charge in [-0.1, -0.05) is 0 Å². The van der Waals surface area contributed by atoms with Gasteiger partial charge in [-0.2, -0.15) is 0 Å². The molecular weight excluding hydrogens is 374 g/mol. The van der Waals surface area contributed by atoms with Gasteiger partial charge in [0.1, 0.15) is 0 Å². The third-order valence-corrected chi connectivity index (χ3v) is 7.02. The fourth-order valence-electron chi connectivity index (χ4n) is 2.95. The van der Waals surface area contributed by atoms with Gasteiger partial charge in [0.2, 0.25) is 0 Å². The van der Waals surface area contributed by atoms with E-state index in [2.05, 4.69) is 59.5 Å². The summed E-state index contributed by atoms with van der Waals surface area (Å²) in [5.74, 6) is 1.91. The Morgan fingerprint density at radius 3 is 2.33 bits per heavy atom. The number of hydrogen-bond donors (Lipinski definition) is 0. The number of para-hydroxylation sites is 4. The molecule has 0 saturated carbocycles. The van der Waals surface area contributed by atoms with E-state index in [1.807, 2.05) is 12.1 Å². The molecule has 0 saturated heterocycles. The van der Waals surface area contributed by atoms with Crippen LogP contribution in [0.5, 0.6) is 11.5 Å². The molecule has 5 rings (SSSR count). The summed E-state index contributed by atoms with van der Waals surface area (Å²) in [5.41, 5.74) is 3.70. The standard InChI is InChI=1S/C18H11NOTe/c1-3-8-14-12(6-1)19-13-7-2-4-10-16(13)21-17-11-5-9-15(20-14)18(17)19/h1-11H. The molecule has 3 aromatic carbocycles. The van der Waals surface area contributed by atoms with Gasteiger partial charge in [0.05, 0.1) is 0 Å². The van der Waals surface area contributed by atoms with Crippen molar-refractivity contribution in [1.82, 2.24) is 0 Å². The van der Waals surface area contributed by atoms with Crippen molar-refractivity contribution in [3.8, 4) is 11.5 Å². The quantitative estimate of drug-likeness (QED) is 0.380. The Kier molecular flexibility index (Phi) is 2.38. The van der Waals surface area contributed by atoms with E-state index in [4.69, 9.17) is 4.74 Å². The number of fused-ring (bicyclic) bond motifs is 4. The molecule has 2 nitrogen and oxygen atoms in total. The number of ether oxygens (including phenoxy) is 1. The zero-order chi connectivity index (χ0) is 13.8. The van der Waals surface area contributed by atoms with E-state index in [0.29, 0.717) is 0 Å². The van der Waals surface area contributed by atoms with Gasteiger partial charge < -0.3 is 0 Å². The molecule has 2 aliphatic heterocycles. The van der Waals surface area contributed by atoms with Crippen LogP contribution in [0.25, 0.3) is 0 Å². The molecule has 2 aliphatic rings. The first-order valence-electron chi connectivity index (χ1n) is 6.89. The number of rotatable bonds is 0. The number of anilines is 3. The van der Waals surface area contributed by atoms with Crippen molar-refractivity contribution in [3.05, 3.63) is 66.7 Å². The molecule has 0 unspecified atom stereocenters. The topological polar surface area (TPSA) is 12.5 Å². The minimum atomic E-state index is -0.355. The molecule has 0 spiro atoms. The van der Waals surface area contributed by atoms with E-state index in [1.165, 1.54) is 18.6 Å². The summed E-state index contributed by atoms with van der Waals surface area (Å²) >= 11 is -0.355. The second-order valence-electron chi connectivity index (χ2n) is 5.08. The number of hydrogen-bond acceptors (Lipinski definition) is 2. The third-order valence-electron chi connectivity index (χ3n) is 3.84. The fourth-order valence-corrected chi connectivity index (χ4v) is 6.04. The van der Waals surface area contributed by atoms with Crippen LogP contribution in [-0.4, -0.2) is 20.9 Å². The fraction of sp³-hybridized carbons (Fsp3) is 0. The van der Waals surface area contributed by atoms with Crippen LogP contribution in [0, 0.1) is 0 Å². The van der Waals surface area contributed by atoms with Gasteiger partial charge in [-0.05, 0) is 0 Å². The zero-order valence-electron chi connectivity index (χ0n) is 11.1. The Hall–Kier alpha value is -1.95. The van der Waals surface area contributed by atoms with Crippen LogP contribution in [0.2, 0.25) is 0 Å². The van der Waals surface area contributed by atoms with Crippen LogP contribution >= 0.6 is 0 Å². The molecule has 21 heavy (non-hydrogen) atoms. The molecule has 0 atom stereocenters. The normalized spacial score (nSPS) is 13.8. The molecular formula is C18H11NOTe. The van der Waals surface area contributed by atoms with Crippen LogP contribution in [0.4, 0.5) is 17.1 Å². The number of nitrogens with zero attached hydrogens (tertiary/aromatic N) is 1. The summed E-state index contributed by atoms with van der Waals surface area (Å²) in [7, 11) is 0. The SMILES string of the molecule is c1ccc2c(c1)Oc1cccc3c1N2c1ccccc1[Te]3. The maximum absolute atomic E-state index is 6.12. The molecule has 0 amide bonds. The van der Waals surface area contributed by atoms with Crippen molar-refractivity contribution in [2.75, 3.05) is 4.90 Å². The first-order valence-corrected chi connectivity index (χ1v) is 9.22. The molecule has 0 bridgehead atoms. The average Bonchev–Trinajstić information content (AvgIpc) is 2.54. The monoisotopic (exact) mass is 387 g/mol. The zero-order valence-corrected chi connectivity index (χ0v) is 13.4. The van der Waals surface area contributed by atoms with Crippen LogP contribution < -0.4 is 16.9 Å². The third kappa shape index (κ3) is 1.59. The average molecular weight is 385 g/mol. The van der Waals surface area contributed by atoms with E-state index in [9.17, 15) is 0 Å². The van der Waals surface area contributed by atoms with Gasteiger partial charge in [-0.15, -0.1) is 0 Å². The molecule has 0 aromatic heterocycles. The Labute approximate surface area is 133 Å². The van der Waals surface area contributed by atoms with E-state index in [0.717, 1.165) is 17.2 Å². The van der Waals surface area contributed by atoms with E-state index < -0.39 is 0 Å². The molecule has 100 valence electrons. The van der Waals surface area contributed by atoms with Crippen molar-refractivity contribution >= 4 is 45.2 Å². The minimum absolute atomic E-state index is 0.355. The van der Waals surface area contributed by atoms with Gasteiger partial charge in [0.15, 0.2) is 0 Å². The maximum atomic E-state index is 6.12. The molecule has 0 radical (unpaired) electrons. The molecule has 0 N–H and O–H groups in total. The van der Waals surface area contributed by atoms with E-state index in [-0.39, 0.29) is 20.9 Å². The van der Waals surface area contributed by atoms with Crippen molar-refractivity contribution in [2.24, 2.45) is 0 Å². The van der Waals surface area contributed by atoms with Crippen LogP contribution in [0.1, 0.15) is 0 Å². The summed E-state index contributed by atoms with van der Waals surface area (Å²) in [4.78, 5) is 2.37. The van der Waals surface area contributed by atoms with Crippen LogP contribution in [-0.2, 0) is 0 Å². The van der Waals surface area contributed by atoms with E-state index in [1.54, 1.807) is 0 Å². The second kappa shape index (κ2) is 4.27. The molecule has 0 aliphatic carbocycles. The first kappa shape index (κ1) is 11.7. The Morgan fingerprint density at radius 2 is 1.38 bits per heavy atom. The summed E-state index contributed by atoms with van der Waals surface area (Å²) in [6, 6.07) is 23.5. The Morgan fingerprint density at radius 1 is 0.667 bits per heavy atom. The van der Waals surface area contributed by atoms with Crippen LogP contribution in [0.3, 0.4) is 0 Å². The molecule has 2 heterocycles. The predicted octanol–water partition coefficient (Wildman–Crippen LogP) is 3.23. The van der Waals surface area contributed by atoms with E-state index >= 15 is 0 Å². The van der Waals surface area contributed by atoms with Gasteiger partial charge in [0.25, 0.3) is 0 Å². The van der Waals surface area contributed by atoms with Crippen molar-refractivity contribution < 1.29 is 4.74 Å². The summed E-state index contributed by atoms with van der Waals surface area (Å²) in [5, 5.41) is 0. The van der Waals surface area contributed by atoms with Gasteiger partial charge in [-0.3, -0.25) is 0 Å². The Bertz CT molecular complexity index is 807. The molecule has 3 aromatic rings. The predicted molar refractivity (Wildman–Crippen MR) is 86.2 cm³/mol. The number of benzene rings is 3. The van der Waals surface area contributed by atoms with Crippen LogP contribution in [0.15, 0.2) is 66.7 Å². The Balaban J connectivity index is 1.88. The second-order valence-corrected chi connectivity index (χ2v) is 8.17. The molecule has 3 heteroatoms.